The van der Waals surface area contributed by atoms with Gasteiger partial charge >= 0.3 is 0 Å². The molecule has 0 radical (unpaired) electrons. The maximum atomic E-state index is 12.7. The van der Waals surface area contributed by atoms with Crippen molar-refractivity contribution in [1.29, 1.82) is 0 Å². The summed E-state index contributed by atoms with van der Waals surface area (Å²) in [6.07, 6.45) is 3.33. The van der Waals surface area contributed by atoms with Crippen LogP contribution in [0.25, 0.3) is 0 Å². The molecule has 2 fully saturated rings. The SMILES string of the molecule is CC(C)(C)CN1CCCC(O)(CN2CCC(CO)CC2)C1=O. The summed E-state index contributed by atoms with van der Waals surface area (Å²) in [6.45, 7) is 10.2. The summed E-state index contributed by atoms with van der Waals surface area (Å²) < 4.78 is 0. The molecule has 5 heteroatoms. The summed E-state index contributed by atoms with van der Waals surface area (Å²) in [6, 6.07) is 0. The molecule has 128 valence electrons. The Morgan fingerprint density at radius 1 is 1.23 bits per heavy atom. The van der Waals surface area contributed by atoms with Gasteiger partial charge in [-0.1, -0.05) is 20.8 Å². The van der Waals surface area contributed by atoms with Crippen LogP contribution in [0, 0.1) is 11.3 Å². The van der Waals surface area contributed by atoms with Crippen LogP contribution in [-0.2, 0) is 4.79 Å². The lowest BCUT2D eigenvalue weighted by Gasteiger charge is -2.43. The van der Waals surface area contributed by atoms with E-state index in [0.29, 0.717) is 25.4 Å². The van der Waals surface area contributed by atoms with Gasteiger partial charge in [-0.2, -0.15) is 0 Å². The van der Waals surface area contributed by atoms with Gasteiger partial charge in [0.05, 0.1) is 0 Å². The average Bonchev–Trinajstić information content (AvgIpc) is 2.44. The van der Waals surface area contributed by atoms with Crippen molar-refractivity contribution in [2.24, 2.45) is 11.3 Å². The summed E-state index contributed by atoms with van der Waals surface area (Å²) in [5.74, 6) is 0.281. The van der Waals surface area contributed by atoms with Crippen LogP contribution >= 0.6 is 0 Å². The zero-order valence-corrected chi connectivity index (χ0v) is 14.3. The molecule has 0 aromatic carbocycles. The second-order valence-electron chi connectivity index (χ2n) is 8.32. The Hall–Kier alpha value is -0.650. The van der Waals surface area contributed by atoms with Gasteiger partial charge in [-0.3, -0.25) is 9.69 Å². The summed E-state index contributed by atoms with van der Waals surface area (Å²) in [5.41, 5.74) is -1.18. The van der Waals surface area contributed by atoms with Gasteiger partial charge in [-0.05, 0) is 50.1 Å². The summed E-state index contributed by atoms with van der Waals surface area (Å²) in [7, 11) is 0. The van der Waals surface area contributed by atoms with E-state index in [2.05, 4.69) is 25.7 Å². The Kier molecular flexibility index (Phi) is 5.51. The number of aliphatic hydroxyl groups is 2. The first-order chi connectivity index (χ1) is 10.2. The van der Waals surface area contributed by atoms with E-state index < -0.39 is 5.60 Å². The van der Waals surface area contributed by atoms with Crippen LogP contribution in [-0.4, -0.2) is 70.9 Å². The molecule has 0 aromatic heterocycles. The Labute approximate surface area is 134 Å². The number of rotatable bonds is 4. The minimum Gasteiger partial charge on any atom is -0.396 e. The first-order valence-corrected chi connectivity index (χ1v) is 8.58. The molecule has 0 saturated carbocycles. The van der Waals surface area contributed by atoms with Crippen LogP contribution in [0.2, 0.25) is 0 Å². The number of hydrogen-bond donors (Lipinski definition) is 2. The van der Waals surface area contributed by atoms with Crippen molar-refractivity contribution in [1.82, 2.24) is 9.80 Å². The van der Waals surface area contributed by atoms with Crippen molar-refractivity contribution in [3.05, 3.63) is 0 Å². The lowest BCUT2D eigenvalue weighted by atomic mass is 9.87. The first-order valence-electron chi connectivity index (χ1n) is 8.58. The van der Waals surface area contributed by atoms with Crippen molar-refractivity contribution in [3.63, 3.8) is 0 Å². The third-order valence-electron chi connectivity index (χ3n) is 4.82. The summed E-state index contributed by atoms with van der Waals surface area (Å²) in [4.78, 5) is 16.8. The second kappa shape index (κ2) is 6.85. The van der Waals surface area contributed by atoms with E-state index in [-0.39, 0.29) is 17.9 Å². The molecule has 2 saturated heterocycles. The highest BCUT2D eigenvalue weighted by atomic mass is 16.3. The molecule has 5 nitrogen and oxygen atoms in total. The third-order valence-corrected chi connectivity index (χ3v) is 4.82. The number of carbonyl (C=O) groups is 1. The van der Waals surface area contributed by atoms with Gasteiger partial charge in [-0.15, -0.1) is 0 Å². The van der Waals surface area contributed by atoms with Gasteiger partial charge in [0, 0.05) is 26.2 Å². The highest BCUT2D eigenvalue weighted by Crippen LogP contribution is 2.28. The van der Waals surface area contributed by atoms with Crippen LogP contribution in [0.15, 0.2) is 0 Å². The van der Waals surface area contributed by atoms with Crippen LogP contribution in [0.3, 0.4) is 0 Å². The lowest BCUT2D eigenvalue weighted by molar-refractivity contribution is -0.161. The van der Waals surface area contributed by atoms with Crippen LogP contribution in [0.5, 0.6) is 0 Å². The maximum Gasteiger partial charge on any atom is 0.255 e. The normalized spacial score (nSPS) is 29.1. The molecule has 2 aliphatic heterocycles. The van der Waals surface area contributed by atoms with Gasteiger partial charge in [0.2, 0.25) is 0 Å². The Bertz CT molecular complexity index is 386. The zero-order chi connectivity index (χ0) is 16.4. The van der Waals surface area contributed by atoms with Gasteiger partial charge in [-0.25, -0.2) is 0 Å². The van der Waals surface area contributed by atoms with E-state index in [1.165, 1.54) is 0 Å². The number of aliphatic hydroxyl groups excluding tert-OH is 1. The molecular weight excluding hydrogens is 280 g/mol. The quantitative estimate of drug-likeness (QED) is 0.816. The Morgan fingerprint density at radius 3 is 2.41 bits per heavy atom. The topological polar surface area (TPSA) is 64.0 Å². The fourth-order valence-electron chi connectivity index (χ4n) is 3.63. The number of β-amino-alcohol motifs (C(OH)–C–C–N with tert-alkyl or cyclic N) is 1. The molecular formula is C17H32N2O3. The Morgan fingerprint density at radius 2 is 1.86 bits per heavy atom. The van der Waals surface area contributed by atoms with Gasteiger partial charge in [0.15, 0.2) is 5.60 Å². The van der Waals surface area contributed by atoms with Crippen molar-refractivity contribution in [3.8, 4) is 0 Å². The molecule has 1 unspecified atom stereocenters. The van der Waals surface area contributed by atoms with E-state index >= 15 is 0 Å². The van der Waals surface area contributed by atoms with Crippen LogP contribution in [0.4, 0.5) is 0 Å². The monoisotopic (exact) mass is 312 g/mol. The maximum absolute atomic E-state index is 12.7. The number of amides is 1. The molecule has 2 aliphatic rings. The zero-order valence-electron chi connectivity index (χ0n) is 14.3. The predicted molar refractivity (Wildman–Crippen MR) is 86.5 cm³/mol. The van der Waals surface area contributed by atoms with E-state index in [1.54, 1.807) is 0 Å². The van der Waals surface area contributed by atoms with Crippen LogP contribution in [0.1, 0.15) is 46.5 Å². The fourth-order valence-corrected chi connectivity index (χ4v) is 3.63. The van der Waals surface area contributed by atoms with Crippen molar-refractivity contribution in [2.75, 3.05) is 39.3 Å². The molecule has 22 heavy (non-hydrogen) atoms. The van der Waals surface area contributed by atoms with Crippen molar-refractivity contribution < 1.29 is 15.0 Å². The van der Waals surface area contributed by atoms with E-state index in [4.69, 9.17) is 0 Å². The summed E-state index contributed by atoms with van der Waals surface area (Å²) in [5, 5.41) is 20.1. The minimum absolute atomic E-state index is 0.0490. The number of piperidine rings is 2. The Balaban J connectivity index is 1.95. The first kappa shape index (κ1) is 17.7. The largest absolute Gasteiger partial charge is 0.396 e. The van der Waals surface area contributed by atoms with Gasteiger partial charge < -0.3 is 15.1 Å². The molecule has 2 heterocycles. The fraction of sp³-hybridized carbons (Fsp3) is 0.941. The average molecular weight is 312 g/mol. The van der Waals surface area contributed by atoms with E-state index in [0.717, 1.165) is 38.9 Å². The van der Waals surface area contributed by atoms with E-state index in [1.807, 2.05) is 4.90 Å². The minimum atomic E-state index is -1.23. The highest BCUT2D eigenvalue weighted by Gasteiger charge is 2.44. The smallest absolute Gasteiger partial charge is 0.255 e. The van der Waals surface area contributed by atoms with Crippen LogP contribution < -0.4 is 0 Å². The molecule has 0 aromatic rings. The predicted octanol–water partition coefficient (Wildman–Crippen LogP) is 1.09. The van der Waals surface area contributed by atoms with Crippen molar-refractivity contribution >= 4 is 5.91 Å². The second-order valence-corrected chi connectivity index (χ2v) is 8.32. The standard InChI is InChI=1S/C17H32N2O3/c1-16(2,3)12-19-8-4-7-17(22,15(19)21)13-18-9-5-14(11-20)6-10-18/h14,20,22H,4-13H2,1-3H3. The lowest BCUT2D eigenvalue weighted by Crippen LogP contribution is -2.60. The number of carbonyl (C=O) groups excluding carboxylic acids is 1. The van der Waals surface area contributed by atoms with Gasteiger partial charge in [0.1, 0.15) is 0 Å². The van der Waals surface area contributed by atoms with Crippen molar-refractivity contribution in [2.45, 2.75) is 52.1 Å². The molecule has 1 atom stereocenters. The number of nitrogens with zero attached hydrogens (tertiary/aromatic N) is 2. The molecule has 2 rings (SSSR count). The third kappa shape index (κ3) is 4.43. The van der Waals surface area contributed by atoms with E-state index in [9.17, 15) is 15.0 Å². The molecule has 0 aliphatic carbocycles. The number of hydrogen-bond acceptors (Lipinski definition) is 4. The van der Waals surface area contributed by atoms with Gasteiger partial charge in [0.25, 0.3) is 5.91 Å². The molecule has 0 bridgehead atoms. The molecule has 0 spiro atoms. The molecule has 2 N–H and O–H groups in total. The highest BCUT2D eigenvalue weighted by molar-refractivity contribution is 5.86. The summed E-state index contributed by atoms with van der Waals surface area (Å²) >= 11 is 0. The molecule has 1 amide bonds. The number of likely N-dealkylation sites (tertiary alicyclic amines) is 2.